The molecule has 0 aliphatic carbocycles. The van der Waals surface area contributed by atoms with E-state index in [1.807, 2.05) is 20.8 Å². The minimum absolute atomic E-state index is 0.299. The van der Waals surface area contributed by atoms with Crippen LogP contribution in [0.25, 0.3) is 11.4 Å². The quantitative estimate of drug-likeness (QED) is 0.840. The molecular weight excluding hydrogens is 363 g/mol. The summed E-state index contributed by atoms with van der Waals surface area (Å²) >= 11 is 0. The molecule has 1 amide bonds. The van der Waals surface area contributed by atoms with Gasteiger partial charge in [-0.3, -0.25) is 4.90 Å². The van der Waals surface area contributed by atoms with Crippen molar-refractivity contribution in [3.8, 4) is 11.4 Å². The van der Waals surface area contributed by atoms with Gasteiger partial charge >= 0.3 is 6.09 Å². The summed E-state index contributed by atoms with van der Waals surface area (Å²) in [4.78, 5) is 18.5. The first-order valence-corrected chi connectivity index (χ1v) is 9.56. The molecule has 1 unspecified atom stereocenters. The number of amides is 1. The molecule has 0 bridgehead atoms. The van der Waals surface area contributed by atoms with E-state index in [1.54, 1.807) is 12.1 Å². The fraction of sp³-hybridized carbons (Fsp3) is 0.550. The standard InChI is InChI=1S/C20H27FN4O3/c1-20(2,3)27-19(26)22-11-14-5-4-10-25(12-14)13-17-23-18(24-28-17)15-6-8-16(21)9-7-15/h6-9,14H,4-5,10-13H2,1-3H3,(H,22,26). The summed E-state index contributed by atoms with van der Waals surface area (Å²) in [5.41, 5.74) is 0.220. The Bertz CT molecular complexity index is 785. The normalized spacial score (nSPS) is 18.1. The number of carbonyl (C=O) groups is 1. The first-order valence-electron chi connectivity index (χ1n) is 9.56. The van der Waals surface area contributed by atoms with E-state index in [9.17, 15) is 9.18 Å². The second-order valence-corrected chi connectivity index (χ2v) is 8.14. The van der Waals surface area contributed by atoms with E-state index in [0.29, 0.717) is 30.7 Å². The minimum atomic E-state index is -0.497. The molecule has 0 saturated carbocycles. The number of rotatable bonds is 5. The number of hydrogen-bond acceptors (Lipinski definition) is 6. The monoisotopic (exact) mass is 390 g/mol. The second kappa shape index (κ2) is 8.68. The Hall–Kier alpha value is -2.48. The van der Waals surface area contributed by atoms with Crippen molar-refractivity contribution in [2.24, 2.45) is 5.92 Å². The van der Waals surface area contributed by atoms with Crippen LogP contribution in [0.3, 0.4) is 0 Å². The number of alkyl carbamates (subject to hydrolysis) is 1. The number of aromatic nitrogens is 2. The van der Waals surface area contributed by atoms with Crippen LogP contribution < -0.4 is 5.32 Å². The lowest BCUT2D eigenvalue weighted by Crippen LogP contribution is -2.41. The summed E-state index contributed by atoms with van der Waals surface area (Å²) in [5.74, 6) is 1.03. The summed E-state index contributed by atoms with van der Waals surface area (Å²) in [6.07, 6.45) is 1.71. The summed E-state index contributed by atoms with van der Waals surface area (Å²) in [6.45, 7) is 8.45. The van der Waals surface area contributed by atoms with Crippen molar-refractivity contribution in [1.82, 2.24) is 20.4 Å². The Kier molecular flexibility index (Phi) is 6.28. The van der Waals surface area contributed by atoms with Crippen molar-refractivity contribution < 1.29 is 18.4 Å². The number of ether oxygens (including phenoxy) is 1. The molecular formula is C20H27FN4O3. The smallest absolute Gasteiger partial charge is 0.407 e. The van der Waals surface area contributed by atoms with Crippen LogP contribution in [0.15, 0.2) is 28.8 Å². The van der Waals surface area contributed by atoms with Gasteiger partial charge in [0.1, 0.15) is 11.4 Å². The number of likely N-dealkylation sites (tertiary alicyclic amines) is 1. The minimum Gasteiger partial charge on any atom is -0.444 e. The maximum atomic E-state index is 13.0. The Morgan fingerprint density at radius 2 is 2.11 bits per heavy atom. The van der Waals surface area contributed by atoms with Gasteiger partial charge in [0.2, 0.25) is 11.7 Å². The van der Waals surface area contributed by atoms with Crippen molar-refractivity contribution in [2.75, 3.05) is 19.6 Å². The van der Waals surface area contributed by atoms with E-state index in [0.717, 1.165) is 31.5 Å². The van der Waals surface area contributed by atoms with Crippen LogP contribution in [-0.2, 0) is 11.3 Å². The van der Waals surface area contributed by atoms with E-state index in [4.69, 9.17) is 9.26 Å². The molecule has 1 fully saturated rings. The molecule has 8 heteroatoms. The van der Waals surface area contributed by atoms with Gasteiger partial charge in [0.05, 0.1) is 6.54 Å². The highest BCUT2D eigenvalue weighted by atomic mass is 19.1. The van der Waals surface area contributed by atoms with Crippen LogP contribution in [0, 0.1) is 11.7 Å². The van der Waals surface area contributed by atoms with Crippen LogP contribution in [0.2, 0.25) is 0 Å². The summed E-state index contributed by atoms with van der Waals surface area (Å²) in [5, 5.41) is 6.84. The lowest BCUT2D eigenvalue weighted by molar-refractivity contribution is 0.0504. The highest BCUT2D eigenvalue weighted by molar-refractivity contribution is 5.67. The van der Waals surface area contributed by atoms with Crippen LogP contribution >= 0.6 is 0 Å². The first-order chi connectivity index (χ1) is 13.3. The number of carbonyl (C=O) groups excluding carboxylic acids is 1. The van der Waals surface area contributed by atoms with Gasteiger partial charge in [0.15, 0.2) is 0 Å². The number of nitrogens with one attached hydrogen (secondary N) is 1. The Balaban J connectivity index is 1.50. The van der Waals surface area contributed by atoms with Gasteiger partial charge in [-0.2, -0.15) is 4.98 Å². The Morgan fingerprint density at radius 3 is 2.82 bits per heavy atom. The van der Waals surface area contributed by atoms with Crippen molar-refractivity contribution >= 4 is 6.09 Å². The molecule has 28 heavy (non-hydrogen) atoms. The van der Waals surface area contributed by atoms with Crippen molar-refractivity contribution in [3.63, 3.8) is 0 Å². The maximum Gasteiger partial charge on any atom is 0.407 e. The molecule has 1 N–H and O–H groups in total. The molecule has 2 aromatic rings. The largest absolute Gasteiger partial charge is 0.444 e. The number of halogens is 1. The van der Waals surface area contributed by atoms with E-state index in [2.05, 4.69) is 20.4 Å². The summed E-state index contributed by atoms with van der Waals surface area (Å²) in [7, 11) is 0. The molecule has 2 heterocycles. The number of hydrogen-bond donors (Lipinski definition) is 1. The molecule has 1 saturated heterocycles. The van der Waals surface area contributed by atoms with Crippen LogP contribution in [0.5, 0.6) is 0 Å². The first kappa shape index (κ1) is 20.3. The van der Waals surface area contributed by atoms with Crippen LogP contribution in [0.4, 0.5) is 9.18 Å². The second-order valence-electron chi connectivity index (χ2n) is 8.14. The third kappa shape index (κ3) is 6.02. The zero-order valence-electron chi connectivity index (χ0n) is 16.6. The molecule has 1 aliphatic rings. The zero-order chi connectivity index (χ0) is 20.1. The molecule has 1 aromatic carbocycles. The SMILES string of the molecule is CC(C)(C)OC(=O)NCC1CCCN(Cc2nc(-c3ccc(F)cc3)no2)C1. The molecule has 3 rings (SSSR count). The van der Waals surface area contributed by atoms with E-state index >= 15 is 0 Å². The summed E-state index contributed by atoms with van der Waals surface area (Å²) < 4.78 is 23.7. The Labute approximate surface area is 164 Å². The van der Waals surface area contributed by atoms with Gasteiger partial charge in [0, 0.05) is 18.7 Å². The fourth-order valence-corrected chi connectivity index (χ4v) is 3.23. The van der Waals surface area contributed by atoms with Gasteiger partial charge in [-0.25, -0.2) is 9.18 Å². The highest BCUT2D eigenvalue weighted by Crippen LogP contribution is 2.20. The van der Waals surface area contributed by atoms with E-state index in [1.165, 1.54) is 12.1 Å². The summed E-state index contributed by atoms with van der Waals surface area (Å²) in [6, 6.07) is 6.00. The topological polar surface area (TPSA) is 80.5 Å². The average molecular weight is 390 g/mol. The lowest BCUT2D eigenvalue weighted by Gasteiger charge is -2.32. The van der Waals surface area contributed by atoms with Crippen molar-refractivity contribution in [1.29, 1.82) is 0 Å². The van der Waals surface area contributed by atoms with E-state index < -0.39 is 5.60 Å². The predicted octanol–water partition coefficient (Wildman–Crippen LogP) is 3.61. The van der Waals surface area contributed by atoms with E-state index in [-0.39, 0.29) is 11.9 Å². The van der Waals surface area contributed by atoms with Gasteiger partial charge in [-0.15, -0.1) is 0 Å². The maximum absolute atomic E-state index is 13.0. The molecule has 0 spiro atoms. The van der Waals surface area contributed by atoms with Crippen LogP contribution in [-0.4, -0.2) is 46.4 Å². The fourth-order valence-electron chi connectivity index (χ4n) is 3.23. The highest BCUT2D eigenvalue weighted by Gasteiger charge is 2.23. The number of piperidine rings is 1. The lowest BCUT2D eigenvalue weighted by atomic mass is 9.98. The molecule has 0 radical (unpaired) electrons. The number of benzene rings is 1. The van der Waals surface area contributed by atoms with Crippen molar-refractivity contribution in [2.45, 2.75) is 45.8 Å². The number of nitrogens with zero attached hydrogens (tertiary/aromatic N) is 3. The van der Waals surface area contributed by atoms with Gasteiger partial charge in [-0.05, 0) is 70.3 Å². The zero-order valence-corrected chi connectivity index (χ0v) is 16.6. The van der Waals surface area contributed by atoms with Crippen LogP contribution in [0.1, 0.15) is 39.5 Å². The van der Waals surface area contributed by atoms with Gasteiger partial charge in [0.25, 0.3) is 0 Å². The molecule has 1 atom stereocenters. The van der Waals surface area contributed by atoms with Gasteiger partial charge < -0.3 is 14.6 Å². The van der Waals surface area contributed by atoms with Crippen molar-refractivity contribution in [3.05, 3.63) is 36.0 Å². The molecule has 1 aromatic heterocycles. The third-order valence-corrected chi connectivity index (χ3v) is 4.47. The predicted molar refractivity (Wildman–Crippen MR) is 102 cm³/mol. The Morgan fingerprint density at radius 1 is 1.36 bits per heavy atom. The third-order valence-electron chi connectivity index (χ3n) is 4.47. The average Bonchev–Trinajstić information content (AvgIpc) is 3.08. The molecule has 7 nitrogen and oxygen atoms in total. The molecule has 152 valence electrons. The molecule has 1 aliphatic heterocycles. The van der Waals surface area contributed by atoms with Gasteiger partial charge in [-0.1, -0.05) is 5.16 Å².